The van der Waals surface area contributed by atoms with E-state index in [2.05, 4.69) is 6.92 Å². The van der Waals surface area contributed by atoms with Crippen LogP contribution in [0.4, 0.5) is 0 Å². The first-order valence-corrected chi connectivity index (χ1v) is 6.28. The maximum absolute atomic E-state index is 6.28. The minimum Gasteiger partial charge on any atom is -0.497 e. The van der Waals surface area contributed by atoms with Crippen molar-refractivity contribution in [2.24, 2.45) is 5.73 Å². The number of hydrogen-bond donors (Lipinski definition) is 1. The molecule has 18 heavy (non-hydrogen) atoms. The van der Waals surface area contributed by atoms with E-state index in [4.69, 9.17) is 19.9 Å². The van der Waals surface area contributed by atoms with Crippen molar-refractivity contribution in [1.29, 1.82) is 0 Å². The van der Waals surface area contributed by atoms with Crippen molar-refractivity contribution >= 4 is 0 Å². The first-order chi connectivity index (χ1) is 8.65. The molecule has 1 aliphatic rings. The number of ether oxygens (including phenoxy) is 3. The molecule has 0 amide bonds. The fourth-order valence-corrected chi connectivity index (χ4v) is 2.39. The molecule has 2 rings (SSSR count). The Morgan fingerprint density at radius 2 is 2.06 bits per heavy atom. The molecule has 3 atom stereocenters. The second kappa shape index (κ2) is 5.59. The van der Waals surface area contributed by atoms with Gasteiger partial charge < -0.3 is 19.9 Å². The topological polar surface area (TPSA) is 53.7 Å². The van der Waals surface area contributed by atoms with Gasteiger partial charge in [0.25, 0.3) is 0 Å². The van der Waals surface area contributed by atoms with Gasteiger partial charge in [0.2, 0.25) is 0 Å². The highest BCUT2D eigenvalue weighted by Gasteiger charge is 2.29. The summed E-state index contributed by atoms with van der Waals surface area (Å²) < 4.78 is 16.4. The summed E-state index contributed by atoms with van der Waals surface area (Å²) >= 11 is 0. The zero-order valence-electron chi connectivity index (χ0n) is 11.2. The minimum absolute atomic E-state index is 0.0716. The standard InChI is InChI=1S/C14H21NO3/c1-9-4-7-12(18-9)14(15)11-6-5-10(16-2)8-13(11)17-3/h5-6,8-9,12,14H,4,7,15H2,1-3H3. The Bertz CT molecular complexity index is 408. The maximum atomic E-state index is 6.28. The Morgan fingerprint density at radius 1 is 1.28 bits per heavy atom. The van der Waals surface area contributed by atoms with Gasteiger partial charge in [0.1, 0.15) is 11.5 Å². The lowest BCUT2D eigenvalue weighted by atomic mass is 9.99. The number of benzene rings is 1. The van der Waals surface area contributed by atoms with Crippen molar-refractivity contribution in [1.82, 2.24) is 0 Å². The largest absolute Gasteiger partial charge is 0.497 e. The van der Waals surface area contributed by atoms with Gasteiger partial charge in [0, 0.05) is 11.6 Å². The average molecular weight is 251 g/mol. The van der Waals surface area contributed by atoms with Gasteiger partial charge in [-0.1, -0.05) is 0 Å². The normalized spacial score (nSPS) is 24.9. The van der Waals surface area contributed by atoms with Crippen LogP contribution in [0.2, 0.25) is 0 Å². The fourth-order valence-electron chi connectivity index (χ4n) is 2.39. The molecule has 0 bridgehead atoms. The fraction of sp³-hybridized carbons (Fsp3) is 0.571. The molecule has 1 heterocycles. The second-order valence-electron chi connectivity index (χ2n) is 4.70. The highest BCUT2D eigenvalue weighted by Crippen LogP contribution is 2.34. The highest BCUT2D eigenvalue weighted by molar-refractivity contribution is 5.42. The zero-order valence-corrected chi connectivity index (χ0v) is 11.2. The van der Waals surface area contributed by atoms with Gasteiger partial charge >= 0.3 is 0 Å². The molecule has 2 N–H and O–H groups in total. The molecule has 100 valence electrons. The molecule has 3 unspecified atom stereocenters. The predicted octanol–water partition coefficient (Wildman–Crippen LogP) is 2.27. The van der Waals surface area contributed by atoms with Gasteiger partial charge in [-0.25, -0.2) is 0 Å². The van der Waals surface area contributed by atoms with E-state index < -0.39 is 0 Å². The molecular weight excluding hydrogens is 230 g/mol. The molecule has 1 aromatic carbocycles. The summed E-state index contributed by atoms with van der Waals surface area (Å²) in [5, 5.41) is 0. The summed E-state index contributed by atoms with van der Waals surface area (Å²) in [6, 6.07) is 5.55. The number of rotatable bonds is 4. The quantitative estimate of drug-likeness (QED) is 0.892. The number of nitrogens with two attached hydrogens (primary N) is 1. The van der Waals surface area contributed by atoms with E-state index in [0.29, 0.717) is 6.10 Å². The maximum Gasteiger partial charge on any atom is 0.127 e. The Kier molecular flexibility index (Phi) is 4.09. The van der Waals surface area contributed by atoms with Crippen molar-refractivity contribution in [3.63, 3.8) is 0 Å². The highest BCUT2D eigenvalue weighted by atomic mass is 16.5. The van der Waals surface area contributed by atoms with Crippen molar-refractivity contribution in [2.45, 2.75) is 38.0 Å². The molecule has 4 nitrogen and oxygen atoms in total. The Hall–Kier alpha value is -1.26. The molecule has 1 fully saturated rings. The summed E-state index contributed by atoms with van der Waals surface area (Å²) in [5.41, 5.74) is 7.25. The first kappa shape index (κ1) is 13.2. The molecule has 4 heteroatoms. The molecule has 0 spiro atoms. The van der Waals surface area contributed by atoms with Crippen molar-refractivity contribution < 1.29 is 14.2 Å². The van der Waals surface area contributed by atoms with Crippen LogP contribution in [0.15, 0.2) is 18.2 Å². The van der Waals surface area contributed by atoms with Crippen LogP contribution in [0.3, 0.4) is 0 Å². The van der Waals surface area contributed by atoms with Crippen LogP contribution in [0.25, 0.3) is 0 Å². The van der Waals surface area contributed by atoms with E-state index in [1.807, 2.05) is 18.2 Å². The van der Waals surface area contributed by atoms with Crippen LogP contribution < -0.4 is 15.2 Å². The predicted molar refractivity (Wildman–Crippen MR) is 70.0 cm³/mol. The van der Waals surface area contributed by atoms with E-state index in [0.717, 1.165) is 29.9 Å². The van der Waals surface area contributed by atoms with Gasteiger partial charge in [0.05, 0.1) is 32.5 Å². The molecule has 1 aliphatic heterocycles. The van der Waals surface area contributed by atoms with Gasteiger partial charge in [-0.2, -0.15) is 0 Å². The molecule has 1 saturated heterocycles. The lowest BCUT2D eigenvalue weighted by Gasteiger charge is -2.22. The Morgan fingerprint density at radius 3 is 2.61 bits per heavy atom. The number of hydrogen-bond acceptors (Lipinski definition) is 4. The lowest BCUT2D eigenvalue weighted by Crippen LogP contribution is -2.26. The third-order valence-electron chi connectivity index (χ3n) is 3.47. The van der Waals surface area contributed by atoms with Crippen molar-refractivity contribution in [2.75, 3.05) is 14.2 Å². The summed E-state index contributed by atoms with van der Waals surface area (Å²) in [6.07, 6.45) is 2.43. The van der Waals surface area contributed by atoms with E-state index >= 15 is 0 Å². The monoisotopic (exact) mass is 251 g/mol. The van der Waals surface area contributed by atoms with Crippen LogP contribution in [0.5, 0.6) is 11.5 Å². The summed E-state index contributed by atoms with van der Waals surface area (Å²) in [7, 11) is 3.28. The minimum atomic E-state index is -0.157. The summed E-state index contributed by atoms with van der Waals surface area (Å²) in [5.74, 6) is 1.52. The smallest absolute Gasteiger partial charge is 0.127 e. The van der Waals surface area contributed by atoms with Crippen LogP contribution in [0, 0.1) is 0 Å². The van der Waals surface area contributed by atoms with Crippen LogP contribution in [-0.2, 0) is 4.74 Å². The average Bonchev–Trinajstić information content (AvgIpc) is 2.83. The third kappa shape index (κ3) is 2.60. The van der Waals surface area contributed by atoms with Crippen LogP contribution in [0.1, 0.15) is 31.4 Å². The Balaban J connectivity index is 2.21. The van der Waals surface area contributed by atoms with E-state index in [1.54, 1.807) is 14.2 Å². The molecule has 0 aromatic heterocycles. The van der Waals surface area contributed by atoms with E-state index in [-0.39, 0.29) is 12.1 Å². The molecule has 0 saturated carbocycles. The number of methoxy groups -OCH3 is 2. The van der Waals surface area contributed by atoms with Crippen molar-refractivity contribution in [3.05, 3.63) is 23.8 Å². The van der Waals surface area contributed by atoms with Crippen LogP contribution >= 0.6 is 0 Å². The molecule has 0 aliphatic carbocycles. The summed E-state index contributed by atoms with van der Waals surface area (Å²) in [6.45, 7) is 2.08. The third-order valence-corrected chi connectivity index (χ3v) is 3.47. The SMILES string of the molecule is COc1ccc(C(N)C2CCC(C)O2)c(OC)c1. The molecule has 1 aromatic rings. The van der Waals surface area contributed by atoms with Gasteiger partial charge in [-0.3, -0.25) is 0 Å². The Labute approximate surface area is 108 Å². The molecule has 0 radical (unpaired) electrons. The molecular formula is C14H21NO3. The van der Waals surface area contributed by atoms with Gasteiger partial charge in [-0.05, 0) is 31.9 Å². The lowest BCUT2D eigenvalue weighted by molar-refractivity contribution is 0.0396. The van der Waals surface area contributed by atoms with E-state index in [1.165, 1.54) is 0 Å². The first-order valence-electron chi connectivity index (χ1n) is 6.28. The zero-order chi connectivity index (χ0) is 13.1. The van der Waals surface area contributed by atoms with Crippen molar-refractivity contribution in [3.8, 4) is 11.5 Å². The second-order valence-corrected chi connectivity index (χ2v) is 4.70. The summed E-state index contributed by atoms with van der Waals surface area (Å²) in [4.78, 5) is 0. The van der Waals surface area contributed by atoms with E-state index in [9.17, 15) is 0 Å². The van der Waals surface area contributed by atoms with Gasteiger partial charge in [-0.15, -0.1) is 0 Å². The van der Waals surface area contributed by atoms with Crippen LogP contribution in [-0.4, -0.2) is 26.4 Å². The van der Waals surface area contributed by atoms with Gasteiger partial charge in [0.15, 0.2) is 0 Å².